The molecule has 0 bridgehead atoms. The molecule has 0 fully saturated rings. The number of unbranched alkanes of at least 4 members (excludes halogenated alkanes) is 1. The molecule has 0 radical (unpaired) electrons. The van der Waals surface area contributed by atoms with Gasteiger partial charge in [-0.2, -0.15) is 5.48 Å². The van der Waals surface area contributed by atoms with Gasteiger partial charge in [0.05, 0.1) is 13.0 Å². The summed E-state index contributed by atoms with van der Waals surface area (Å²) in [5.74, 6) is -0.291. The summed E-state index contributed by atoms with van der Waals surface area (Å²) in [5.41, 5.74) is 3.99. The fraction of sp³-hybridized carbons (Fsp3) is 0.588. The molecule has 4 nitrogen and oxygen atoms in total. The van der Waals surface area contributed by atoms with Gasteiger partial charge in [0.2, 0.25) is 0 Å². The van der Waals surface area contributed by atoms with Crippen molar-refractivity contribution in [2.45, 2.75) is 58.6 Å². The Labute approximate surface area is 127 Å². The second kappa shape index (κ2) is 10.4. The highest BCUT2D eigenvalue weighted by molar-refractivity contribution is 5.67. The molecule has 21 heavy (non-hydrogen) atoms. The lowest BCUT2D eigenvalue weighted by molar-refractivity contribution is -0.139. The molecule has 118 valence electrons. The maximum absolute atomic E-state index is 10.9. The van der Waals surface area contributed by atoms with E-state index in [-0.39, 0.29) is 12.5 Å². The van der Waals surface area contributed by atoms with Crippen LogP contribution in [0.4, 0.5) is 0 Å². The molecule has 1 rings (SSSR count). The first-order valence-corrected chi connectivity index (χ1v) is 7.74. The predicted octanol–water partition coefficient (Wildman–Crippen LogP) is 3.77. The molecule has 0 aromatic heterocycles. The van der Waals surface area contributed by atoms with Gasteiger partial charge in [0.25, 0.3) is 0 Å². The molecule has 0 aliphatic carbocycles. The molecule has 0 heterocycles. The van der Waals surface area contributed by atoms with Crippen molar-refractivity contribution in [3.05, 3.63) is 35.9 Å². The molecular formula is C17H27NO3. The summed E-state index contributed by atoms with van der Waals surface area (Å²) in [6.07, 6.45) is 4.40. The van der Waals surface area contributed by atoms with Gasteiger partial charge in [-0.05, 0) is 17.9 Å². The van der Waals surface area contributed by atoms with Crippen molar-refractivity contribution in [1.29, 1.82) is 0 Å². The standard InChI is InChI=1S/C17H27NO3/c1-3-4-8-14(2)11-16(12-17(19)20)18-21-13-15-9-6-5-7-10-15/h5-7,9-10,14,16,18H,3-4,8,11-13H2,1-2H3,(H,19,20)/t14-,16+/m1/s1. The zero-order valence-electron chi connectivity index (χ0n) is 13.0. The molecular weight excluding hydrogens is 266 g/mol. The number of carboxylic acid groups (broad SMARTS) is 1. The zero-order valence-corrected chi connectivity index (χ0v) is 13.0. The summed E-state index contributed by atoms with van der Waals surface area (Å²) < 4.78 is 0. The molecule has 2 N–H and O–H groups in total. The molecule has 0 aliphatic rings. The van der Waals surface area contributed by atoms with Crippen molar-refractivity contribution < 1.29 is 14.7 Å². The van der Waals surface area contributed by atoms with Crippen molar-refractivity contribution in [2.75, 3.05) is 0 Å². The van der Waals surface area contributed by atoms with Crippen LogP contribution in [0.25, 0.3) is 0 Å². The first kappa shape index (κ1) is 17.7. The van der Waals surface area contributed by atoms with Crippen LogP contribution in [0, 0.1) is 5.92 Å². The van der Waals surface area contributed by atoms with E-state index in [9.17, 15) is 4.79 Å². The maximum Gasteiger partial charge on any atom is 0.305 e. The maximum atomic E-state index is 10.9. The van der Waals surface area contributed by atoms with E-state index in [1.54, 1.807) is 0 Å². The van der Waals surface area contributed by atoms with Crippen LogP contribution in [-0.4, -0.2) is 17.1 Å². The first-order valence-electron chi connectivity index (χ1n) is 7.74. The molecule has 1 aromatic carbocycles. The predicted molar refractivity (Wildman–Crippen MR) is 83.7 cm³/mol. The number of hydrogen-bond acceptors (Lipinski definition) is 3. The SMILES string of the molecule is CCCC[C@@H](C)C[C@@H](CC(=O)O)NOCc1ccccc1. The highest BCUT2D eigenvalue weighted by Gasteiger charge is 2.16. The summed E-state index contributed by atoms with van der Waals surface area (Å²) in [7, 11) is 0. The molecule has 0 spiro atoms. The van der Waals surface area contributed by atoms with E-state index in [0.29, 0.717) is 12.5 Å². The van der Waals surface area contributed by atoms with E-state index in [4.69, 9.17) is 9.94 Å². The number of carboxylic acids is 1. The minimum absolute atomic E-state index is 0.0885. The summed E-state index contributed by atoms with van der Waals surface area (Å²) in [6.45, 7) is 4.78. The molecule has 0 aliphatic heterocycles. The van der Waals surface area contributed by atoms with E-state index in [0.717, 1.165) is 18.4 Å². The van der Waals surface area contributed by atoms with Gasteiger partial charge in [-0.25, -0.2) is 0 Å². The fourth-order valence-electron chi connectivity index (χ4n) is 2.36. The van der Waals surface area contributed by atoms with Gasteiger partial charge in [-0.1, -0.05) is 63.4 Å². The average molecular weight is 293 g/mol. The molecule has 2 atom stereocenters. The van der Waals surface area contributed by atoms with Crippen LogP contribution in [0.1, 0.15) is 51.5 Å². The van der Waals surface area contributed by atoms with Gasteiger partial charge in [-0.3, -0.25) is 9.63 Å². The monoisotopic (exact) mass is 293 g/mol. The van der Waals surface area contributed by atoms with Gasteiger partial charge >= 0.3 is 5.97 Å². The topological polar surface area (TPSA) is 58.6 Å². The average Bonchev–Trinajstić information content (AvgIpc) is 2.45. The molecule has 4 heteroatoms. The van der Waals surface area contributed by atoms with Gasteiger partial charge in [0.1, 0.15) is 0 Å². The van der Waals surface area contributed by atoms with Gasteiger partial charge in [-0.15, -0.1) is 0 Å². The van der Waals surface area contributed by atoms with Crippen LogP contribution < -0.4 is 5.48 Å². The summed E-state index contributed by atoms with van der Waals surface area (Å²) in [6, 6.07) is 9.70. The second-order valence-corrected chi connectivity index (χ2v) is 5.67. The van der Waals surface area contributed by atoms with Crippen LogP contribution in [0.5, 0.6) is 0 Å². The summed E-state index contributed by atoms with van der Waals surface area (Å²) >= 11 is 0. The minimum Gasteiger partial charge on any atom is -0.481 e. The quantitative estimate of drug-likeness (QED) is 0.610. The Balaban J connectivity index is 2.36. The van der Waals surface area contributed by atoms with Crippen LogP contribution in [0.2, 0.25) is 0 Å². The van der Waals surface area contributed by atoms with Crippen molar-refractivity contribution in [3.63, 3.8) is 0 Å². The van der Waals surface area contributed by atoms with Crippen LogP contribution in [0.15, 0.2) is 30.3 Å². The van der Waals surface area contributed by atoms with Gasteiger partial charge in [0.15, 0.2) is 0 Å². The minimum atomic E-state index is -0.793. The molecule has 0 saturated carbocycles. The molecule has 0 unspecified atom stereocenters. The molecule has 0 amide bonds. The largest absolute Gasteiger partial charge is 0.481 e. The van der Waals surface area contributed by atoms with Crippen molar-refractivity contribution in [1.82, 2.24) is 5.48 Å². The summed E-state index contributed by atoms with van der Waals surface area (Å²) in [5, 5.41) is 8.99. The van der Waals surface area contributed by atoms with Crippen molar-refractivity contribution in [2.24, 2.45) is 5.92 Å². The highest BCUT2D eigenvalue weighted by Crippen LogP contribution is 2.16. The van der Waals surface area contributed by atoms with Crippen molar-refractivity contribution in [3.8, 4) is 0 Å². The number of rotatable bonds is 11. The van der Waals surface area contributed by atoms with Gasteiger partial charge in [0, 0.05) is 6.04 Å². The molecule has 1 aromatic rings. The molecule has 0 saturated heterocycles. The third-order valence-corrected chi connectivity index (χ3v) is 3.49. The van der Waals surface area contributed by atoms with E-state index in [1.807, 2.05) is 30.3 Å². The van der Waals surface area contributed by atoms with E-state index < -0.39 is 5.97 Å². The third-order valence-electron chi connectivity index (χ3n) is 3.49. The number of nitrogens with one attached hydrogen (secondary N) is 1. The Morgan fingerprint density at radius 2 is 2.05 bits per heavy atom. The van der Waals surface area contributed by atoms with E-state index in [2.05, 4.69) is 19.3 Å². The van der Waals surface area contributed by atoms with Crippen LogP contribution in [-0.2, 0) is 16.2 Å². The Bertz CT molecular complexity index is 394. The first-order chi connectivity index (χ1) is 10.1. The Morgan fingerprint density at radius 3 is 2.67 bits per heavy atom. The summed E-state index contributed by atoms with van der Waals surface area (Å²) in [4.78, 5) is 16.4. The Hall–Kier alpha value is -1.39. The zero-order chi connectivity index (χ0) is 15.5. The normalized spacial score (nSPS) is 13.8. The van der Waals surface area contributed by atoms with Crippen molar-refractivity contribution >= 4 is 5.97 Å². The van der Waals surface area contributed by atoms with Crippen LogP contribution >= 0.6 is 0 Å². The number of aliphatic carboxylic acids is 1. The Morgan fingerprint density at radius 1 is 1.33 bits per heavy atom. The lowest BCUT2D eigenvalue weighted by atomic mass is 9.95. The number of benzene rings is 1. The van der Waals surface area contributed by atoms with E-state index >= 15 is 0 Å². The fourth-order valence-corrected chi connectivity index (χ4v) is 2.36. The third kappa shape index (κ3) is 8.48. The lowest BCUT2D eigenvalue weighted by Gasteiger charge is -2.20. The number of carbonyl (C=O) groups is 1. The van der Waals surface area contributed by atoms with Crippen LogP contribution in [0.3, 0.4) is 0 Å². The smallest absolute Gasteiger partial charge is 0.305 e. The lowest BCUT2D eigenvalue weighted by Crippen LogP contribution is -2.33. The highest BCUT2D eigenvalue weighted by atomic mass is 16.6. The number of hydroxylamine groups is 1. The number of hydrogen-bond donors (Lipinski definition) is 2. The Kier molecular flexibility index (Phi) is 8.71. The second-order valence-electron chi connectivity index (χ2n) is 5.67. The van der Waals surface area contributed by atoms with E-state index in [1.165, 1.54) is 12.8 Å². The van der Waals surface area contributed by atoms with Gasteiger partial charge < -0.3 is 5.11 Å².